The number of aliphatic hydroxyl groups is 3. The third-order valence-corrected chi connectivity index (χ3v) is 9.91. The molecule has 2 aromatic rings. The molecule has 216 valence electrons. The van der Waals surface area contributed by atoms with E-state index in [-0.39, 0.29) is 47.2 Å². The summed E-state index contributed by atoms with van der Waals surface area (Å²) in [5.74, 6) is -6.61. The van der Waals surface area contributed by atoms with Crippen LogP contribution in [0.15, 0.2) is 35.2 Å². The Balaban J connectivity index is 1.83. The summed E-state index contributed by atoms with van der Waals surface area (Å²) in [5, 5.41) is 31.0. The molecule has 1 aliphatic rings. The zero-order valence-corrected chi connectivity index (χ0v) is 22.9. The predicted octanol–water partition coefficient (Wildman–Crippen LogP) is 3.71. The van der Waals surface area contributed by atoms with Gasteiger partial charge in [-0.05, 0) is 42.9 Å². The van der Waals surface area contributed by atoms with Crippen LogP contribution >= 0.6 is 11.6 Å². The number of sulfone groups is 1. The molecule has 8 nitrogen and oxygen atoms in total. The minimum Gasteiger partial charge on any atom is -0.394 e. The number of nitrogens with one attached hydrogen (secondary N) is 1. The summed E-state index contributed by atoms with van der Waals surface area (Å²) in [4.78, 5) is 12.4. The first-order valence-corrected chi connectivity index (χ1v) is 14.2. The van der Waals surface area contributed by atoms with Gasteiger partial charge in [0.15, 0.2) is 27.3 Å². The van der Waals surface area contributed by atoms with Crippen LogP contribution in [0.1, 0.15) is 43.5 Å². The molecular weight excluding hydrogens is 563 g/mol. The van der Waals surface area contributed by atoms with E-state index in [2.05, 4.69) is 5.32 Å². The van der Waals surface area contributed by atoms with E-state index < -0.39 is 68.6 Å². The number of anilines is 1. The summed E-state index contributed by atoms with van der Waals surface area (Å²) in [6, 6.07) is 4.70. The van der Waals surface area contributed by atoms with Crippen LogP contribution in [0.3, 0.4) is 0 Å². The van der Waals surface area contributed by atoms with Gasteiger partial charge >= 0.3 is 0 Å². The van der Waals surface area contributed by atoms with E-state index in [4.69, 9.17) is 21.4 Å². The van der Waals surface area contributed by atoms with Crippen LogP contribution in [0.5, 0.6) is 0 Å². The van der Waals surface area contributed by atoms with Gasteiger partial charge in [-0.15, -0.1) is 0 Å². The summed E-state index contributed by atoms with van der Waals surface area (Å²) >= 11 is 6.23. The summed E-state index contributed by atoms with van der Waals surface area (Å²) in [6.07, 6.45) is -0.539. The molecule has 1 saturated carbocycles. The van der Waals surface area contributed by atoms with Crippen LogP contribution in [-0.2, 0) is 14.6 Å². The third kappa shape index (κ3) is 6.75. The molecule has 1 amide bonds. The molecule has 2 unspecified atom stereocenters. The van der Waals surface area contributed by atoms with Gasteiger partial charge in [-0.25, -0.2) is 21.6 Å². The highest BCUT2D eigenvalue weighted by atomic mass is 35.5. The molecule has 1 fully saturated rings. The SMILES string of the molecule is CCC1C[C@@H](S(=O)(=O)c2cc(C(=O)Nc3cc(F)c(F)c(F)c3)ccc2Cl)C[C@H](C)[C@@]1(O)COCC(O)CO. The number of carbonyl (C=O) groups is 1. The second-order valence-corrected chi connectivity index (χ2v) is 12.4. The van der Waals surface area contributed by atoms with Crippen molar-refractivity contribution in [3.63, 3.8) is 0 Å². The van der Waals surface area contributed by atoms with E-state index >= 15 is 0 Å². The highest BCUT2D eigenvalue weighted by Crippen LogP contribution is 2.44. The van der Waals surface area contributed by atoms with E-state index in [0.29, 0.717) is 18.6 Å². The van der Waals surface area contributed by atoms with Crippen LogP contribution in [0.4, 0.5) is 18.9 Å². The number of aliphatic hydroxyl groups excluding tert-OH is 2. The second-order valence-electron chi connectivity index (χ2n) is 9.84. The zero-order valence-electron chi connectivity index (χ0n) is 21.3. The van der Waals surface area contributed by atoms with E-state index in [0.717, 1.165) is 6.07 Å². The number of ether oxygens (including phenoxy) is 1. The Bertz CT molecular complexity index is 1290. The van der Waals surface area contributed by atoms with Crippen LogP contribution < -0.4 is 5.32 Å². The fourth-order valence-corrected chi connectivity index (χ4v) is 7.39. The molecule has 39 heavy (non-hydrogen) atoms. The normalized spacial score (nSPS) is 24.4. The Morgan fingerprint density at radius 1 is 1.21 bits per heavy atom. The van der Waals surface area contributed by atoms with Gasteiger partial charge in [0.2, 0.25) is 0 Å². The van der Waals surface area contributed by atoms with Gasteiger partial charge in [0.1, 0.15) is 6.10 Å². The maximum atomic E-state index is 13.7. The highest BCUT2D eigenvalue weighted by molar-refractivity contribution is 7.92. The van der Waals surface area contributed by atoms with Crippen molar-refractivity contribution in [2.24, 2.45) is 11.8 Å². The van der Waals surface area contributed by atoms with Gasteiger partial charge in [-0.3, -0.25) is 4.79 Å². The van der Waals surface area contributed by atoms with Gasteiger partial charge < -0.3 is 25.4 Å². The largest absolute Gasteiger partial charge is 0.394 e. The first kappa shape index (κ1) is 31.3. The summed E-state index contributed by atoms with van der Waals surface area (Å²) < 4.78 is 73.1. The van der Waals surface area contributed by atoms with Gasteiger partial charge in [0.25, 0.3) is 5.91 Å². The Morgan fingerprint density at radius 2 is 1.85 bits per heavy atom. The fraction of sp³-hybridized carbons (Fsp3) is 0.500. The van der Waals surface area contributed by atoms with Crippen LogP contribution in [0.2, 0.25) is 5.02 Å². The lowest BCUT2D eigenvalue weighted by Gasteiger charge is -2.47. The molecule has 3 rings (SSSR count). The standard InChI is InChI=1S/C26H31ClF3NO7S/c1-3-16-8-19(6-14(2)26(16,35)13-38-12-18(33)11-32)39(36,37)23-7-15(4-5-20(23)27)25(34)31-17-9-21(28)24(30)22(29)10-17/h4-5,7,9-10,14,16,18-19,32-33,35H,3,6,8,11-13H2,1-2H3,(H,31,34)/t14-,16?,18?,19-,26-/m0/s1. The lowest BCUT2D eigenvalue weighted by Crippen LogP contribution is -2.54. The van der Waals surface area contributed by atoms with Gasteiger partial charge in [0, 0.05) is 23.4 Å². The number of hydrogen-bond acceptors (Lipinski definition) is 7. The minimum absolute atomic E-state index is 0.0577. The molecule has 0 aliphatic heterocycles. The molecular formula is C26H31ClF3NO7S. The summed E-state index contributed by atoms with van der Waals surface area (Å²) in [6.45, 7) is 2.66. The van der Waals surface area contributed by atoms with Crippen LogP contribution in [-0.4, -0.2) is 66.4 Å². The van der Waals surface area contributed by atoms with E-state index in [9.17, 15) is 36.6 Å². The van der Waals surface area contributed by atoms with E-state index in [1.807, 2.05) is 0 Å². The maximum Gasteiger partial charge on any atom is 0.255 e. The van der Waals surface area contributed by atoms with Crippen molar-refractivity contribution in [1.82, 2.24) is 0 Å². The van der Waals surface area contributed by atoms with Crippen molar-refractivity contribution in [3.05, 3.63) is 58.4 Å². The smallest absolute Gasteiger partial charge is 0.255 e. The summed E-state index contributed by atoms with van der Waals surface area (Å²) in [5.41, 5.74) is -1.90. The van der Waals surface area contributed by atoms with Crippen molar-refractivity contribution in [2.45, 2.75) is 55.0 Å². The number of carbonyl (C=O) groups excluding carboxylic acids is 1. The average Bonchev–Trinajstić information content (AvgIpc) is 2.88. The van der Waals surface area contributed by atoms with Crippen molar-refractivity contribution in [2.75, 3.05) is 25.1 Å². The van der Waals surface area contributed by atoms with E-state index in [1.54, 1.807) is 13.8 Å². The third-order valence-electron chi connectivity index (χ3n) is 7.25. The number of rotatable bonds is 10. The Kier molecular flexibility index (Phi) is 10.1. The quantitative estimate of drug-likeness (QED) is 0.309. The van der Waals surface area contributed by atoms with Crippen LogP contribution in [0.25, 0.3) is 0 Å². The molecule has 0 heterocycles. The molecule has 0 saturated heterocycles. The monoisotopic (exact) mass is 593 g/mol. The molecule has 4 N–H and O–H groups in total. The van der Waals surface area contributed by atoms with Crippen molar-refractivity contribution >= 4 is 33.0 Å². The number of hydrogen-bond donors (Lipinski definition) is 4. The van der Waals surface area contributed by atoms with Gasteiger partial charge in [-0.2, -0.15) is 0 Å². The van der Waals surface area contributed by atoms with Gasteiger partial charge in [-0.1, -0.05) is 31.9 Å². The lowest BCUT2D eigenvalue weighted by molar-refractivity contribution is -0.145. The van der Waals surface area contributed by atoms with Crippen LogP contribution in [0, 0.1) is 29.3 Å². The predicted molar refractivity (Wildman–Crippen MR) is 138 cm³/mol. The Hall–Kier alpha value is -2.22. The van der Waals surface area contributed by atoms with Crippen molar-refractivity contribution in [3.8, 4) is 0 Å². The Labute approximate surface area is 229 Å². The van der Waals surface area contributed by atoms with Crippen molar-refractivity contribution < 1.29 is 46.4 Å². The number of benzene rings is 2. The lowest BCUT2D eigenvalue weighted by atomic mass is 9.68. The van der Waals surface area contributed by atoms with Gasteiger partial charge in [0.05, 0.1) is 40.6 Å². The molecule has 0 aromatic heterocycles. The number of halogens is 4. The highest BCUT2D eigenvalue weighted by Gasteiger charge is 2.50. The molecule has 1 aliphatic carbocycles. The molecule has 0 bridgehead atoms. The molecule has 0 spiro atoms. The minimum atomic E-state index is -4.11. The average molecular weight is 594 g/mol. The first-order chi connectivity index (χ1) is 18.2. The second kappa shape index (κ2) is 12.5. The first-order valence-electron chi connectivity index (χ1n) is 12.3. The maximum absolute atomic E-state index is 13.7. The van der Waals surface area contributed by atoms with Crippen molar-refractivity contribution in [1.29, 1.82) is 0 Å². The summed E-state index contributed by atoms with van der Waals surface area (Å²) in [7, 11) is -4.11. The molecule has 13 heteroatoms. The Morgan fingerprint density at radius 3 is 2.44 bits per heavy atom. The molecule has 0 radical (unpaired) electrons. The molecule has 2 aromatic carbocycles. The number of amides is 1. The zero-order chi connectivity index (χ0) is 29.1. The molecule has 5 atom stereocenters. The topological polar surface area (TPSA) is 133 Å². The van der Waals surface area contributed by atoms with E-state index in [1.165, 1.54) is 12.1 Å². The fourth-order valence-electron chi connectivity index (χ4n) is 4.94.